The molecule has 3 aliphatic rings. The first-order valence-electron chi connectivity index (χ1n) is 26.5. The number of aliphatic hydroxyl groups is 3. The molecule has 0 unspecified atom stereocenters. The van der Waals surface area contributed by atoms with Gasteiger partial charge in [0.1, 0.15) is 34.8 Å². The van der Waals surface area contributed by atoms with Crippen LogP contribution in [0, 0.1) is 23.7 Å². The van der Waals surface area contributed by atoms with Crippen molar-refractivity contribution in [3.63, 3.8) is 0 Å². The Morgan fingerprint density at radius 2 is 1.56 bits per heavy atom. The average molecular weight is 1060 g/mol. The molecule has 20 heteroatoms. The van der Waals surface area contributed by atoms with E-state index in [1.807, 2.05) is 38.9 Å². The lowest BCUT2D eigenvalue weighted by molar-refractivity contribution is -0.320. The molecule has 0 bridgehead atoms. The number of cyclic esters (lactones) is 1. The number of ether oxygens (including phenoxy) is 8. The molecule has 0 amide bonds. The molecule has 1 aromatic heterocycles. The number of hydrogen-bond donors (Lipinski definition) is 5. The Morgan fingerprint density at radius 1 is 0.907 bits per heavy atom. The summed E-state index contributed by atoms with van der Waals surface area (Å²) in [4.78, 5) is 68.6. The first-order valence-corrected chi connectivity index (χ1v) is 26.5. The number of benzene rings is 1. The number of carbonyl (C=O) groups excluding carboxylic acids is 3. The summed E-state index contributed by atoms with van der Waals surface area (Å²) in [6.45, 7) is 17.8. The summed E-state index contributed by atoms with van der Waals surface area (Å²) in [6.07, 6.45) is -6.95. The standard InChI is InChI=1S/C55H87N3O17/c1-16-40-55(10,67)47(63)31(4)43(60)29(2)26-53(8,68-14)48(75-52-45(62)39(57(11)12)24-30(3)70-52)32(5)46(33(6)51(66)72-40)74-42-27-54(9,69-15)49(34(7)71-42)73-41(59)21-23-56-22-17-18-35-19-20-38-36(25-35)44(61)37(50(64)65)28-58(38)13/h19-20,25,28-34,39-40,42,45-49,52,56,62-63,67H,16-18,21-24,26-27H2,1-15H3,(H,64,65)/t29-,30-,31+,32+,33-,34+,39+,40-,42+,45+,46+,47-,48-,49+,52+,53-,54-,55-/m1/s1. The first kappa shape index (κ1) is 61.9. The maximum absolute atomic E-state index is 14.5. The van der Waals surface area contributed by atoms with Crippen LogP contribution in [-0.4, -0.2) is 179 Å². The number of methoxy groups -OCH3 is 2. The summed E-state index contributed by atoms with van der Waals surface area (Å²) in [5.41, 5.74) is -3.83. The second-order valence-corrected chi connectivity index (χ2v) is 22.3. The minimum absolute atomic E-state index is 0.0328. The number of Topliss-reactive ketones (excluding diaryl/α,β-unsaturated/α-hetero) is 1. The van der Waals surface area contributed by atoms with Crippen molar-refractivity contribution in [1.82, 2.24) is 14.8 Å². The maximum atomic E-state index is 14.5. The number of nitrogens with zero attached hydrogens (tertiary/aromatic N) is 2. The van der Waals surface area contributed by atoms with Crippen molar-refractivity contribution in [3.8, 4) is 0 Å². The van der Waals surface area contributed by atoms with E-state index in [1.165, 1.54) is 34.3 Å². The fraction of sp³-hybridized carbons (Fsp3) is 0.764. The molecule has 3 aliphatic heterocycles. The number of rotatable bonds is 17. The van der Waals surface area contributed by atoms with Crippen LogP contribution in [0.15, 0.2) is 29.2 Å². The molecule has 3 fully saturated rings. The topological polar surface area (TPSA) is 260 Å². The monoisotopic (exact) mass is 1060 g/mol. The van der Waals surface area contributed by atoms with Crippen LogP contribution in [0.5, 0.6) is 0 Å². The molecular formula is C55H87N3O17. The lowest BCUT2D eigenvalue weighted by Crippen LogP contribution is -2.61. The van der Waals surface area contributed by atoms with Gasteiger partial charge in [-0.25, -0.2) is 4.79 Å². The second-order valence-electron chi connectivity index (χ2n) is 22.3. The van der Waals surface area contributed by atoms with E-state index in [4.69, 9.17) is 37.9 Å². The van der Waals surface area contributed by atoms with Crippen LogP contribution < -0.4 is 10.7 Å². The van der Waals surface area contributed by atoms with E-state index < -0.39 is 119 Å². The summed E-state index contributed by atoms with van der Waals surface area (Å²) < 4.78 is 52.9. The highest BCUT2D eigenvalue weighted by atomic mass is 16.7. The van der Waals surface area contributed by atoms with Crippen molar-refractivity contribution in [3.05, 3.63) is 45.7 Å². The smallest absolute Gasteiger partial charge is 0.341 e. The van der Waals surface area contributed by atoms with E-state index in [0.717, 1.165) is 5.56 Å². The highest BCUT2D eigenvalue weighted by Gasteiger charge is 2.55. The van der Waals surface area contributed by atoms with Crippen LogP contribution in [-0.2, 0) is 65.7 Å². The van der Waals surface area contributed by atoms with E-state index in [2.05, 4.69) is 5.32 Å². The van der Waals surface area contributed by atoms with Crippen LogP contribution in [0.4, 0.5) is 0 Å². The van der Waals surface area contributed by atoms with Crippen molar-refractivity contribution in [1.29, 1.82) is 0 Å². The number of fused-ring (bicyclic) bond motifs is 1. The van der Waals surface area contributed by atoms with Gasteiger partial charge in [0.05, 0.1) is 54.0 Å². The van der Waals surface area contributed by atoms with E-state index in [9.17, 15) is 44.4 Å². The van der Waals surface area contributed by atoms with Crippen LogP contribution in [0.2, 0.25) is 0 Å². The molecule has 0 saturated carbocycles. The highest BCUT2D eigenvalue weighted by Crippen LogP contribution is 2.42. The number of carbonyl (C=O) groups is 4. The molecule has 20 nitrogen and oxygen atoms in total. The number of carboxylic acids is 1. The third kappa shape index (κ3) is 14.0. The fourth-order valence-electron chi connectivity index (χ4n) is 11.6. The highest BCUT2D eigenvalue weighted by molar-refractivity contribution is 5.92. The number of nitrogens with one attached hydrogen (secondary N) is 1. The third-order valence-corrected chi connectivity index (χ3v) is 16.3. The molecule has 18 atom stereocenters. The van der Waals surface area contributed by atoms with Crippen LogP contribution in [0.1, 0.15) is 124 Å². The van der Waals surface area contributed by atoms with Crippen molar-refractivity contribution in [2.75, 3.05) is 41.4 Å². The molecule has 3 saturated heterocycles. The number of aromatic carboxylic acids is 1. The predicted molar refractivity (Wildman–Crippen MR) is 277 cm³/mol. The molecule has 2 aromatic rings. The van der Waals surface area contributed by atoms with Crippen LogP contribution >= 0.6 is 0 Å². The third-order valence-electron chi connectivity index (χ3n) is 16.3. The van der Waals surface area contributed by atoms with Gasteiger partial charge in [0, 0.05) is 69.6 Å². The molecule has 5 N–H and O–H groups in total. The van der Waals surface area contributed by atoms with Crippen molar-refractivity contribution in [2.24, 2.45) is 30.7 Å². The van der Waals surface area contributed by atoms with Gasteiger partial charge in [0.25, 0.3) is 0 Å². The van der Waals surface area contributed by atoms with E-state index in [-0.39, 0.29) is 49.2 Å². The van der Waals surface area contributed by atoms with Gasteiger partial charge >= 0.3 is 17.9 Å². The molecule has 0 spiro atoms. The molecule has 0 radical (unpaired) electrons. The number of aliphatic hydroxyl groups excluding tert-OH is 2. The zero-order valence-electron chi connectivity index (χ0n) is 46.8. The number of ketones is 1. The maximum Gasteiger partial charge on any atom is 0.341 e. The zero-order chi connectivity index (χ0) is 56.1. The summed E-state index contributed by atoms with van der Waals surface area (Å²) >= 11 is 0. The van der Waals surface area contributed by atoms with Gasteiger partial charge in [-0.3, -0.25) is 19.2 Å². The second kappa shape index (κ2) is 25.7. The number of aryl methyl sites for hydroxylation is 2. The summed E-state index contributed by atoms with van der Waals surface area (Å²) in [5.74, 6) is -6.61. The Morgan fingerprint density at radius 3 is 2.17 bits per heavy atom. The van der Waals surface area contributed by atoms with Gasteiger partial charge in [-0.15, -0.1) is 0 Å². The number of esters is 2. The number of aromatic nitrogens is 1. The normalized spacial score (nSPS) is 37.5. The average Bonchev–Trinajstić information content (AvgIpc) is 3.36. The van der Waals surface area contributed by atoms with E-state index in [0.29, 0.717) is 43.3 Å². The van der Waals surface area contributed by atoms with Gasteiger partial charge in [0.15, 0.2) is 18.7 Å². The van der Waals surface area contributed by atoms with Gasteiger partial charge in [-0.05, 0) is 112 Å². The number of pyridine rings is 1. The Balaban J connectivity index is 1.36. The predicted octanol–water partition coefficient (Wildman–Crippen LogP) is 4.15. The van der Waals surface area contributed by atoms with Crippen molar-refractivity contribution >= 4 is 34.6 Å². The summed E-state index contributed by atoms with van der Waals surface area (Å²) in [7, 11) is 8.41. The summed E-state index contributed by atoms with van der Waals surface area (Å²) in [6, 6.07) is 5.10. The molecule has 5 rings (SSSR count). The Kier molecular flexibility index (Phi) is 21.2. The zero-order valence-corrected chi connectivity index (χ0v) is 46.8. The van der Waals surface area contributed by atoms with Gasteiger partial charge in [-0.2, -0.15) is 0 Å². The minimum Gasteiger partial charge on any atom is -0.477 e. The van der Waals surface area contributed by atoms with Gasteiger partial charge in [0.2, 0.25) is 5.43 Å². The Labute approximate surface area is 442 Å². The van der Waals surface area contributed by atoms with Crippen LogP contribution in [0.25, 0.3) is 10.9 Å². The van der Waals surface area contributed by atoms with E-state index >= 15 is 0 Å². The molecule has 0 aliphatic carbocycles. The molecule has 1 aromatic carbocycles. The van der Waals surface area contributed by atoms with Gasteiger partial charge < -0.3 is 73.1 Å². The quantitative estimate of drug-likeness (QED) is 0.110. The lowest BCUT2D eigenvalue weighted by atomic mass is 9.74. The Bertz CT molecular complexity index is 2340. The number of hydrogen-bond acceptors (Lipinski definition) is 18. The number of carboxylic acid groups (broad SMARTS) is 1. The fourth-order valence-corrected chi connectivity index (χ4v) is 11.6. The lowest BCUT2D eigenvalue weighted by Gasteiger charge is -2.50. The minimum atomic E-state index is -2.03. The molecular weight excluding hydrogens is 975 g/mol. The van der Waals surface area contributed by atoms with E-state index in [1.54, 1.807) is 65.3 Å². The van der Waals surface area contributed by atoms with Gasteiger partial charge in [-0.1, -0.05) is 33.8 Å². The number of likely N-dealkylation sites (N-methyl/N-ethyl adjacent to an activating group) is 1. The molecule has 424 valence electrons. The first-order chi connectivity index (χ1) is 35.0. The van der Waals surface area contributed by atoms with Crippen molar-refractivity contribution in [2.45, 2.75) is 198 Å². The SMILES string of the molecule is CC[C@H]1OC(=O)[C@H](C)[C@@H](O[C@H]2C[C@@](C)(OC)[C@@H](OC(=O)CCNCCCc3ccc4c(c3)c(=O)c(C(=O)O)cn4C)[C@H](C)O2)[C@H](C)[C@@H](O[C@@H]2O[C@H](C)C[C@H](N(C)C)[C@@H]2O)[C@](C)(OC)C[C@@H](C)C(=O)[C@H](C)[C@@H](O)[C@]1(C)O. The molecule has 4 heterocycles. The Hall–Kier alpha value is -3.93. The van der Waals surface area contributed by atoms with Crippen molar-refractivity contribution < 1.29 is 77.5 Å². The largest absolute Gasteiger partial charge is 0.477 e. The van der Waals surface area contributed by atoms with Crippen LogP contribution in [0.3, 0.4) is 0 Å². The molecule has 75 heavy (non-hydrogen) atoms. The summed E-state index contributed by atoms with van der Waals surface area (Å²) in [5, 5.41) is 48.3.